The molecule has 0 aromatic carbocycles. The first kappa shape index (κ1) is 17.6. The highest BCUT2D eigenvalue weighted by Gasteiger charge is 2.18. The van der Waals surface area contributed by atoms with Crippen LogP contribution in [0.3, 0.4) is 0 Å². The van der Waals surface area contributed by atoms with Crippen LogP contribution in [0.4, 0.5) is 0 Å². The van der Waals surface area contributed by atoms with Crippen molar-refractivity contribution in [2.24, 2.45) is 0 Å². The lowest BCUT2D eigenvalue weighted by Gasteiger charge is -2.23. The third-order valence-electron chi connectivity index (χ3n) is 4.52. The maximum absolute atomic E-state index is 12.5. The first-order valence-electron chi connectivity index (χ1n) is 8.62. The van der Waals surface area contributed by atoms with E-state index >= 15 is 0 Å². The average molecular weight is 343 g/mol. The molecule has 0 atom stereocenters. The van der Waals surface area contributed by atoms with E-state index in [0.29, 0.717) is 18.8 Å². The zero-order chi connectivity index (χ0) is 17.6. The van der Waals surface area contributed by atoms with Gasteiger partial charge < -0.3 is 14.3 Å². The second kappa shape index (κ2) is 8.22. The molecule has 3 rings (SSSR count). The number of amides is 1. The zero-order valence-electron chi connectivity index (χ0n) is 14.9. The minimum absolute atomic E-state index is 0.103. The molecule has 2 aromatic heterocycles. The predicted octanol–water partition coefficient (Wildman–Crippen LogP) is 1.33. The molecule has 7 heteroatoms. The van der Waals surface area contributed by atoms with Crippen LogP contribution in [0.15, 0.2) is 35.1 Å². The van der Waals surface area contributed by atoms with E-state index in [9.17, 15) is 4.79 Å². The van der Waals surface area contributed by atoms with Gasteiger partial charge in [0.2, 0.25) is 5.91 Å². The van der Waals surface area contributed by atoms with Gasteiger partial charge in [0.05, 0.1) is 13.1 Å². The van der Waals surface area contributed by atoms with Crippen molar-refractivity contribution < 1.29 is 9.32 Å². The molecule has 0 N–H and O–H groups in total. The summed E-state index contributed by atoms with van der Waals surface area (Å²) in [6.07, 6.45) is 4.54. The Hall–Kier alpha value is -2.25. The molecule has 134 valence electrons. The Morgan fingerprint density at radius 2 is 2.04 bits per heavy atom. The topological polar surface area (TPSA) is 65.7 Å². The summed E-state index contributed by atoms with van der Waals surface area (Å²) in [4.78, 5) is 22.7. The highest BCUT2D eigenvalue weighted by atomic mass is 16.5. The van der Waals surface area contributed by atoms with E-state index in [2.05, 4.69) is 27.0 Å². The lowest BCUT2D eigenvalue weighted by Crippen LogP contribution is -2.39. The van der Waals surface area contributed by atoms with Crippen molar-refractivity contribution in [2.45, 2.75) is 13.0 Å². The van der Waals surface area contributed by atoms with Crippen molar-refractivity contribution >= 4 is 5.91 Å². The largest absolute Gasteiger partial charge is 0.359 e. The maximum Gasteiger partial charge on any atom is 0.236 e. The Bertz CT molecular complexity index is 688. The third kappa shape index (κ3) is 4.87. The highest BCUT2D eigenvalue weighted by Crippen LogP contribution is 2.18. The quantitative estimate of drug-likeness (QED) is 0.816. The molecule has 1 fully saturated rings. The molecule has 1 saturated heterocycles. The van der Waals surface area contributed by atoms with Crippen molar-refractivity contribution in [1.82, 2.24) is 24.8 Å². The van der Waals surface area contributed by atoms with Crippen LogP contribution in [0.25, 0.3) is 11.3 Å². The van der Waals surface area contributed by atoms with Crippen molar-refractivity contribution in [1.29, 1.82) is 0 Å². The van der Waals surface area contributed by atoms with Gasteiger partial charge in [0, 0.05) is 44.2 Å². The Balaban J connectivity index is 1.54. The third-order valence-corrected chi connectivity index (χ3v) is 4.52. The summed E-state index contributed by atoms with van der Waals surface area (Å²) in [5, 5.41) is 4.08. The average Bonchev–Trinajstić information content (AvgIpc) is 2.99. The fraction of sp³-hybridized carbons (Fsp3) is 0.500. The summed E-state index contributed by atoms with van der Waals surface area (Å²) in [6, 6.07) is 5.64. The molecular weight excluding hydrogens is 318 g/mol. The molecule has 0 bridgehead atoms. The number of rotatable bonds is 5. The van der Waals surface area contributed by atoms with E-state index in [-0.39, 0.29) is 5.91 Å². The van der Waals surface area contributed by atoms with Crippen molar-refractivity contribution in [3.63, 3.8) is 0 Å². The monoisotopic (exact) mass is 343 g/mol. The molecule has 0 saturated carbocycles. The van der Waals surface area contributed by atoms with E-state index in [0.717, 1.165) is 43.9 Å². The molecule has 25 heavy (non-hydrogen) atoms. The summed E-state index contributed by atoms with van der Waals surface area (Å²) >= 11 is 0. The van der Waals surface area contributed by atoms with Crippen LogP contribution in [0.1, 0.15) is 12.2 Å². The molecule has 0 radical (unpaired) electrons. The first-order valence-corrected chi connectivity index (χ1v) is 8.62. The standard InChI is InChI=1S/C18H25N5O2/c1-21-8-3-9-23(11-10-21)14-18(24)22(2)13-16-12-17(20-25-16)15-4-6-19-7-5-15/h4-7,12H,3,8-11,13-14H2,1-2H3. The minimum Gasteiger partial charge on any atom is -0.359 e. The summed E-state index contributed by atoms with van der Waals surface area (Å²) in [6.45, 7) is 4.88. The first-order chi connectivity index (χ1) is 12.1. The summed E-state index contributed by atoms with van der Waals surface area (Å²) in [7, 11) is 3.93. The number of pyridine rings is 1. The normalized spacial score (nSPS) is 16.6. The smallest absolute Gasteiger partial charge is 0.236 e. The van der Waals surface area contributed by atoms with Gasteiger partial charge in [-0.2, -0.15) is 0 Å². The van der Waals surface area contributed by atoms with Crippen LogP contribution < -0.4 is 0 Å². The SMILES string of the molecule is CN1CCCN(CC(=O)N(C)Cc2cc(-c3ccncc3)no2)CC1. The lowest BCUT2D eigenvalue weighted by atomic mass is 10.2. The van der Waals surface area contributed by atoms with Crippen LogP contribution >= 0.6 is 0 Å². The summed E-state index contributed by atoms with van der Waals surface area (Å²) in [5.41, 5.74) is 1.71. The van der Waals surface area contributed by atoms with Crippen LogP contribution in [-0.2, 0) is 11.3 Å². The van der Waals surface area contributed by atoms with Gasteiger partial charge >= 0.3 is 0 Å². The second-order valence-electron chi connectivity index (χ2n) is 6.60. The number of aromatic nitrogens is 2. The van der Waals surface area contributed by atoms with Crippen LogP contribution in [-0.4, -0.2) is 77.6 Å². The van der Waals surface area contributed by atoms with Gasteiger partial charge in [0.25, 0.3) is 0 Å². The van der Waals surface area contributed by atoms with Crippen molar-refractivity contribution in [3.05, 3.63) is 36.4 Å². The summed E-state index contributed by atoms with van der Waals surface area (Å²) in [5.74, 6) is 0.782. The molecule has 0 spiro atoms. The van der Waals surface area contributed by atoms with Gasteiger partial charge in [0.1, 0.15) is 5.69 Å². The molecule has 1 aliphatic heterocycles. The number of carbonyl (C=O) groups is 1. The molecule has 7 nitrogen and oxygen atoms in total. The van der Waals surface area contributed by atoms with Crippen LogP contribution in [0, 0.1) is 0 Å². The van der Waals surface area contributed by atoms with Gasteiger partial charge in [-0.15, -0.1) is 0 Å². The van der Waals surface area contributed by atoms with E-state index < -0.39 is 0 Å². The molecule has 0 unspecified atom stereocenters. The van der Waals surface area contributed by atoms with E-state index in [1.807, 2.05) is 18.2 Å². The number of likely N-dealkylation sites (N-methyl/N-ethyl adjacent to an activating group) is 2. The lowest BCUT2D eigenvalue weighted by molar-refractivity contribution is -0.131. The van der Waals surface area contributed by atoms with Crippen LogP contribution in [0.2, 0.25) is 0 Å². The van der Waals surface area contributed by atoms with Gasteiger partial charge in [0.15, 0.2) is 5.76 Å². The maximum atomic E-state index is 12.5. The Morgan fingerprint density at radius 3 is 2.84 bits per heavy atom. The Labute approximate surface area is 148 Å². The van der Waals surface area contributed by atoms with Gasteiger partial charge in [-0.3, -0.25) is 14.7 Å². The van der Waals surface area contributed by atoms with Crippen LogP contribution in [0.5, 0.6) is 0 Å². The van der Waals surface area contributed by atoms with Crippen molar-refractivity contribution in [3.8, 4) is 11.3 Å². The Kier molecular flexibility index (Phi) is 5.78. The molecule has 1 aliphatic rings. The Morgan fingerprint density at radius 1 is 1.24 bits per heavy atom. The molecule has 3 heterocycles. The predicted molar refractivity (Wildman–Crippen MR) is 94.8 cm³/mol. The van der Waals surface area contributed by atoms with Crippen molar-refractivity contribution in [2.75, 3.05) is 46.8 Å². The highest BCUT2D eigenvalue weighted by molar-refractivity contribution is 5.78. The number of carbonyl (C=O) groups excluding carboxylic acids is 1. The van der Waals surface area contributed by atoms with E-state index in [1.165, 1.54) is 0 Å². The fourth-order valence-electron chi connectivity index (χ4n) is 2.94. The number of hydrogen-bond acceptors (Lipinski definition) is 6. The molecule has 0 aliphatic carbocycles. The minimum atomic E-state index is 0.103. The van der Waals surface area contributed by atoms with Gasteiger partial charge in [-0.05, 0) is 38.7 Å². The molecule has 1 amide bonds. The molecular formula is C18H25N5O2. The van der Waals surface area contributed by atoms with E-state index in [1.54, 1.807) is 24.3 Å². The molecule has 2 aromatic rings. The fourth-order valence-corrected chi connectivity index (χ4v) is 2.94. The summed E-state index contributed by atoms with van der Waals surface area (Å²) < 4.78 is 5.38. The number of nitrogens with zero attached hydrogens (tertiary/aromatic N) is 5. The zero-order valence-corrected chi connectivity index (χ0v) is 14.9. The van der Waals surface area contributed by atoms with Gasteiger partial charge in [-0.25, -0.2) is 0 Å². The van der Waals surface area contributed by atoms with Gasteiger partial charge in [-0.1, -0.05) is 5.16 Å². The second-order valence-corrected chi connectivity index (χ2v) is 6.60. The van der Waals surface area contributed by atoms with E-state index in [4.69, 9.17) is 4.52 Å². The number of hydrogen-bond donors (Lipinski definition) is 0.